The second-order valence-electron chi connectivity index (χ2n) is 7.82. The molecule has 0 atom stereocenters. The Kier molecular flexibility index (Phi) is 6.87. The third-order valence-electron chi connectivity index (χ3n) is 4.34. The lowest BCUT2D eigenvalue weighted by Crippen LogP contribution is -2.37. The molecule has 1 N–H and O–H groups in total. The average molecular weight is 312 g/mol. The fourth-order valence-electron chi connectivity index (χ4n) is 2.87. The molecule has 1 aromatic carbocycles. The van der Waals surface area contributed by atoms with Crippen LogP contribution in [0.15, 0.2) is 50.1 Å². The molecular formula is C22H33N. The third-order valence-corrected chi connectivity index (χ3v) is 4.34. The number of allylic oxidation sites excluding steroid dienone is 1. The minimum Gasteiger partial charge on any atom is -0.380 e. The lowest BCUT2D eigenvalue weighted by Gasteiger charge is -2.31. The van der Waals surface area contributed by atoms with E-state index in [4.69, 9.17) is 0 Å². The van der Waals surface area contributed by atoms with Crippen molar-refractivity contribution in [3.05, 3.63) is 61.2 Å². The first-order valence-corrected chi connectivity index (χ1v) is 8.50. The van der Waals surface area contributed by atoms with Crippen molar-refractivity contribution in [2.45, 2.75) is 58.9 Å². The molecule has 0 fully saturated rings. The highest BCUT2D eigenvalue weighted by molar-refractivity contribution is 5.64. The molecule has 0 aliphatic carbocycles. The zero-order valence-corrected chi connectivity index (χ0v) is 15.4. The topological polar surface area (TPSA) is 12.0 Å². The summed E-state index contributed by atoms with van der Waals surface area (Å²) in [7, 11) is 0. The average Bonchev–Trinajstić information content (AvgIpc) is 2.46. The third kappa shape index (κ3) is 6.90. The molecule has 126 valence electrons. The van der Waals surface area contributed by atoms with Gasteiger partial charge in [0.1, 0.15) is 0 Å². The molecule has 1 heteroatoms. The van der Waals surface area contributed by atoms with E-state index in [-0.39, 0.29) is 5.54 Å². The van der Waals surface area contributed by atoms with Crippen molar-refractivity contribution >= 4 is 11.8 Å². The molecule has 0 aromatic heterocycles. The predicted molar refractivity (Wildman–Crippen MR) is 105 cm³/mol. The van der Waals surface area contributed by atoms with E-state index in [0.717, 1.165) is 29.7 Å². The van der Waals surface area contributed by atoms with Crippen molar-refractivity contribution < 1.29 is 0 Å². The molecule has 0 heterocycles. The van der Waals surface area contributed by atoms with Gasteiger partial charge in [0.15, 0.2) is 0 Å². The predicted octanol–water partition coefficient (Wildman–Crippen LogP) is 6.44. The van der Waals surface area contributed by atoms with E-state index in [1.54, 1.807) is 0 Å². The van der Waals surface area contributed by atoms with Crippen LogP contribution in [0.4, 0.5) is 0 Å². The summed E-state index contributed by atoms with van der Waals surface area (Å²) < 4.78 is 0. The van der Waals surface area contributed by atoms with Gasteiger partial charge in [-0.05, 0) is 49.7 Å². The number of hydrogen-bond donors (Lipinski definition) is 1. The molecule has 23 heavy (non-hydrogen) atoms. The molecule has 0 amide bonds. The first kappa shape index (κ1) is 19.3. The highest BCUT2D eigenvalue weighted by Gasteiger charge is 2.21. The summed E-state index contributed by atoms with van der Waals surface area (Å²) in [5.74, 6) is 0. The van der Waals surface area contributed by atoms with Crippen LogP contribution in [0.3, 0.4) is 0 Å². The summed E-state index contributed by atoms with van der Waals surface area (Å²) >= 11 is 0. The normalized spacial score (nSPS) is 11.8. The SMILES string of the molecule is C=CCC(C)(C)CCCC(C)(C)NC(=C)c1ccc(C=C)cc1. The van der Waals surface area contributed by atoms with Gasteiger partial charge >= 0.3 is 0 Å². The van der Waals surface area contributed by atoms with Crippen molar-refractivity contribution in [3.8, 4) is 0 Å². The molecule has 1 nitrogen and oxygen atoms in total. The van der Waals surface area contributed by atoms with Crippen molar-refractivity contribution in [1.29, 1.82) is 0 Å². The van der Waals surface area contributed by atoms with Crippen LogP contribution in [-0.4, -0.2) is 5.54 Å². The molecule has 1 rings (SSSR count). The Bertz CT molecular complexity index is 532. The summed E-state index contributed by atoms with van der Waals surface area (Å²) in [5.41, 5.74) is 3.63. The Morgan fingerprint density at radius 3 is 2.17 bits per heavy atom. The first-order chi connectivity index (χ1) is 10.7. The molecule has 0 unspecified atom stereocenters. The van der Waals surface area contributed by atoms with Gasteiger partial charge in [-0.2, -0.15) is 0 Å². The minimum atomic E-state index is 0.0401. The van der Waals surface area contributed by atoms with Crippen molar-refractivity contribution in [1.82, 2.24) is 5.32 Å². The highest BCUT2D eigenvalue weighted by Crippen LogP contribution is 2.29. The van der Waals surface area contributed by atoms with Crippen molar-refractivity contribution in [2.75, 3.05) is 0 Å². The molecule has 0 aliphatic heterocycles. The van der Waals surface area contributed by atoms with Crippen molar-refractivity contribution in [2.24, 2.45) is 5.41 Å². The van der Waals surface area contributed by atoms with Gasteiger partial charge in [0.05, 0.1) is 0 Å². The minimum absolute atomic E-state index is 0.0401. The van der Waals surface area contributed by atoms with Gasteiger partial charge in [0, 0.05) is 11.2 Å². The smallest absolute Gasteiger partial charge is 0.0344 e. The quantitative estimate of drug-likeness (QED) is 0.490. The summed E-state index contributed by atoms with van der Waals surface area (Å²) in [6, 6.07) is 8.32. The molecule has 1 aromatic rings. The van der Waals surface area contributed by atoms with E-state index in [2.05, 4.69) is 77.0 Å². The maximum Gasteiger partial charge on any atom is 0.0344 e. The van der Waals surface area contributed by atoms with Gasteiger partial charge in [-0.15, -0.1) is 6.58 Å². The van der Waals surface area contributed by atoms with Crippen molar-refractivity contribution in [3.63, 3.8) is 0 Å². The van der Waals surface area contributed by atoms with Crippen LogP contribution in [0.25, 0.3) is 11.8 Å². The second-order valence-corrected chi connectivity index (χ2v) is 7.82. The largest absolute Gasteiger partial charge is 0.380 e. The second kappa shape index (κ2) is 8.19. The summed E-state index contributed by atoms with van der Waals surface area (Å²) in [5, 5.41) is 3.59. The van der Waals surface area contributed by atoms with Crippen LogP contribution >= 0.6 is 0 Å². The lowest BCUT2D eigenvalue weighted by atomic mass is 9.82. The van der Waals surface area contributed by atoms with E-state index >= 15 is 0 Å². The maximum atomic E-state index is 4.20. The zero-order chi connectivity index (χ0) is 17.5. The Labute approximate surface area is 143 Å². The Hall–Kier alpha value is -1.76. The zero-order valence-electron chi connectivity index (χ0n) is 15.4. The molecule has 0 bridgehead atoms. The van der Waals surface area contributed by atoms with Crippen LogP contribution < -0.4 is 5.32 Å². The maximum absolute atomic E-state index is 4.20. The number of nitrogens with one attached hydrogen (secondary N) is 1. The molecule has 0 saturated carbocycles. The fourth-order valence-corrected chi connectivity index (χ4v) is 2.87. The highest BCUT2D eigenvalue weighted by atomic mass is 15.0. The van der Waals surface area contributed by atoms with Gasteiger partial charge in [0.2, 0.25) is 0 Å². The Morgan fingerprint density at radius 1 is 1.04 bits per heavy atom. The lowest BCUT2D eigenvalue weighted by molar-refractivity contribution is 0.298. The summed E-state index contributed by atoms with van der Waals surface area (Å²) in [6.45, 7) is 21.0. The van der Waals surface area contributed by atoms with E-state index in [1.807, 2.05) is 12.2 Å². The standard InChI is InChI=1S/C22H33N/c1-8-15-21(4,5)16-10-17-22(6,7)23-18(3)20-13-11-19(9-2)12-14-20/h8-9,11-14,23H,1-3,10,15-17H2,4-7H3. The molecule has 0 radical (unpaired) electrons. The molecular weight excluding hydrogens is 278 g/mol. The fraction of sp³-hybridized carbons (Fsp3) is 0.455. The number of hydrogen-bond acceptors (Lipinski definition) is 1. The molecule has 0 saturated heterocycles. The Balaban J connectivity index is 2.54. The van der Waals surface area contributed by atoms with Gasteiger partial charge in [-0.1, -0.05) is 69.8 Å². The molecule has 0 spiro atoms. The van der Waals surface area contributed by atoms with Gasteiger partial charge < -0.3 is 5.32 Å². The summed E-state index contributed by atoms with van der Waals surface area (Å²) in [4.78, 5) is 0. The van der Waals surface area contributed by atoms with Crippen LogP contribution in [0, 0.1) is 5.41 Å². The van der Waals surface area contributed by atoms with Gasteiger partial charge in [-0.3, -0.25) is 0 Å². The van der Waals surface area contributed by atoms with E-state index in [9.17, 15) is 0 Å². The van der Waals surface area contributed by atoms with Crippen LogP contribution in [0.1, 0.15) is 64.5 Å². The van der Waals surface area contributed by atoms with Crippen LogP contribution in [0.2, 0.25) is 0 Å². The van der Waals surface area contributed by atoms with E-state index in [1.165, 1.54) is 12.8 Å². The van der Waals surface area contributed by atoms with E-state index < -0.39 is 0 Å². The van der Waals surface area contributed by atoms with Gasteiger partial charge in [0.25, 0.3) is 0 Å². The Morgan fingerprint density at radius 2 is 1.65 bits per heavy atom. The monoisotopic (exact) mass is 311 g/mol. The number of benzene rings is 1. The van der Waals surface area contributed by atoms with Crippen LogP contribution in [0.5, 0.6) is 0 Å². The van der Waals surface area contributed by atoms with E-state index in [0.29, 0.717) is 5.41 Å². The number of rotatable bonds is 10. The summed E-state index contributed by atoms with van der Waals surface area (Å²) in [6.07, 6.45) is 8.49. The van der Waals surface area contributed by atoms with Crippen LogP contribution in [-0.2, 0) is 0 Å². The van der Waals surface area contributed by atoms with Gasteiger partial charge in [-0.25, -0.2) is 0 Å². The molecule has 0 aliphatic rings. The first-order valence-electron chi connectivity index (χ1n) is 8.50.